The summed E-state index contributed by atoms with van der Waals surface area (Å²) in [6.45, 7) is 7.77. The third kappa shape index (κ3) is 5.78. The van der Waals surface area contributed by atoms with Gasteiger partial charge < -0.3 is 14.4 Å². The molecule has 0 spiro atoms. The van der Waals surface area contributed by atoms with Crippen molar-refractivity contribution in [3.8, 4) is 0 Å². The van der Waals surface area contributed by atoms with Crippen molar-refractivity contribution in [1.29, 1.82) is 0 Å². The van der Waals surface area contributed by atoms with Gasteiger partial charge in [0.15, 0.2) is 0 Å². The summed E-state index contributed by atoms with van der Waals surface area (Å²) in [4.78, 5) is 6.65. The summed E-state index contributed by atoms with van der Waals surface area (Å²) in [5.74, 6) is 0. The number of pyridine rings is 1. The van der Waals surface area contributed by atoms with Gasteiger partial charge in [-0.2, -0.15) is 0 Å². The van der Waals surface area contributed by atoms with E-state index in [-0.39, 0.29) is 0 Å². The lowest BCUT2D eigenvalue weighted by Gasteiger charge is -2.32. The maximum atomic E-state index is 5.90. The summed E-state index contributed by atoms with van der Waals surface area (Å²) in [6, 6.07) is 5.11. The molecule has 4 heteroatoms. The molecule has 0 saturated carbocycles. The van der Waals surface area contributed by atoms with E-state index >= 15 is 0 Å². The largest absolute Gasteiger partial charge is 0.379 e. The minimum Gasteiger partial charge on any atom is -0.379 e. The summed E-state index contributed by atoms with van der Waals surface area (Å²) < 4.78 is 11.8. The predicted octanol–water partition coefficient (Wildman–Crippen LogP) is 4.05. The van der Waals surface area contributed by atoms with Crippen LogP contribution in [0.1, 0.15) is 52.4 Å². The van der Waals surface area contributed by atoms with Gasteiger partial charge in [-0.05, 0) is 37.8 Å². The number of hydrogen-bond donors (Lipinski definition) is 0. The molecule has 23 heavy (non-hydrogen) atoms. The molecule has 130 valence electrons. The molecule has 1 aromatic heterocycles. The Bertz CT molecular complexity index is 393. The molecule has 0 aliphatic carbocycles. The molecule has 1 aromatic rings. The third-order valence-corrected chi connectivity index (χ3v) is 4.49. The van der Waals surface area contributed by atoms with Crippen molar-refractivity contribution in [2.75, 3.05) is 31.3 Å². The van der Waals surface area contributed by atoms with Crippen molar-refractivity contribution in [3.05, 3.63) is 24.5 Å². The molecule has 1 aliphatic heterocycles. The molecule has 2 rings (SSSR count). The van der Waals surface area contributed by atoms with Crippen molar-refractivity contribution in [1.82, 2.24) is 4.98 Å². The Morgan fingerprint density at radius 3 is 1.96 bits per heavy atom. The molecule has 1 aliphatic rings. The van der Waals surface area contributed by atoms with Crippen LogP contribution in [0.15, 0.2) is 24.5 Å². The Balaban J connectivity index is 1.93. The highest BCUT2D eigenvalue weighted by molar-refractivity contribution is 5.48. The van der Waals surface area contributed by atoms with E-state index in [4.69, 9.17) is 9.47 Å². The van der Waals surface area contributed by atoms with Gasteiger partial charge in [-0.15, -0.1) is 0 Å². The van der Waals surface area contributed by atoms with E-state index in [1.807, 2.05) is 12.4 Å². The Morgan fingerprint density at radius 2 is 1.48 bits per heavy atom. The molecule has 0 unspecified atom stereocenters. The number of ether oxygens (including phenoxy) is 2. The maximum Gasteiger partial charge on any atom is 0.0670 e. The van der Waals surface area contributed by atoms with Crippen molar-refractivity contribution in [2.45, 2.75) is 64.5 Å². The van der Waals surface area contributed by atoms with Gasteiger partial charge in [0.1, 0.15) is 0 Å². The normalized spacial score (nSPS) is 21.0. The second kappa shape index (κ2) is 10.6. The maximum absolute atomic E-state index is 5.90. The molecular formula is C19H32N2O2. The molecule has 1 saturated heterocycles. The monoisotopic (exact) mass is 320 g/mol. The molecular weight excluding hydrogens is 288 g/mol. The van der Waals surface area contributed by atoms with Crippen LogP contribution in [0.5, 0.6) is 0 Å². The van der Waals surface area contributed by atoms with Crippen molar-refractivity contribution >= 4 is 5.69 Å². The van der Waals surface area contributed by atoms with Gasteiger partial charge in [0.2, 0.25) is 0 Å². The van der Waals surface area contributed by atoms with Crippen LogP contribution in [0.3, 0.4) is 0 Å². The lowest BCUT2D eigenvalue weighted by atomic mass is 10.2. The van der Waals surface area contributed by atoms with E-state index in [0.717, 1.165) is 39.3 Å². The summed E-state index contributed by atoms with van der Waals surface area (Å²) in [7, 11) is 0. The van der Waals surface area contributed by atoms with E-state index in [1.165, 1.54) is 31.4 Å². The summed E-state index contributed by atoms with van der Waals surface area (Å²) in [5.41, 5.74) is 1.24. The number of anilines is 1. The fourth-order valence-corrected chi connectivity index (χ4v) is 3.16. The highest BCUT2D eigenvalue weighted by Crippen LogP contribution is 2.30. The fourth-order valence-electron chi connectivity index (χ4n) is 3.16. The molecule has 0 bridgehead atoms. The van der Waals surface area contributed by atoms with Crippen molar-refractivity contribution in [3.63, 3.8) is 0 Å². The first kappa shape index (κ1) is 18.2. The first-order chi connectivity index (χ1) is 11.4. The van der Waals surface area contributed by atoms with E-state index in [2.05, 4.69) is 35.9 Å². The molecule has 0 amide bonds. The standard InChI is InChI=1S/C19H32N2O2/c1-3-5-13-22-15-18-7-8-19(16-23-14-6-4-2)21(18)17-9-11-20-12-10-17/h9-12,18-19H,3-8,13-16H2,1-2H3/t18-,19-/m1/s1. The minimum atomic E-state index is 0.453. The molecule has 0 radical (unpaired) electrons. The molecule has 0 N–H and O–H groups in total. The average Bonchev–Trinajstić information content (AvgIpc) is 2.99. The smallest absolute Gasteiger partial charge is 0.0670 e. The summed E-state index contributed by atoms with van der Waals surface area (Å²) >= 11 is 0. The van der Waals surface area contributed by atoms with E-state index in [0.29, 0.717) is 12.1 Å². The van der Waals surface area contributed by atoms with Crippen LogP contribution in [0.2, 0.25) is 0 Å². The number of rotatable bonds is 11. The van der Waals surface area contributed by atoms with Gasteiger partial charge in [0.05, 0.1) is 25.3 Å². The number of hydrogen-bond acceptors (Lipinski definition) is 4. The topological polar surface area (TPSA) is 34.6 Å². The zero-order valence-electron chi connectivity index (χ0n) is 14.7. The number of nitrogens with zero attached hydrogens (tertiary/aromatic N) is 2. The third-order valence-electron chi connectivity index (χ3n) is 4.49. The van der Waals surface area contributed by atoms with Crippen LogP contribution in [0.4, 0.5) is 5.69 Å². The minimum absolute atomic E-state index is 0.453. The zero-order chi connectivity index (χ0) is 16.3. The second-order valence-electron chi connectivity index (χ2n) is 6.35. The van der Waals surface area contributed by atoms with E-state index < -0.39 is 0 Å². The molecule has 0 aromatic carbocycles. The lowest BCUT2D eigenvalue weighted by Crippen LogP contribution is -2.41. The Hall–Kier alpha value is -1.13. The van der Waals surface area contributed by atoms with Crippen LogP contribution in [-0.4, -0.2) is 43.5 Å². The average molecular weight is 320 g/mol. The fraction of sp³-hybridized carbons (Fsp3) is 0.737. The second-order valence-corrected chi connectivity index (χ2v) is 6.35. The van der Waals surface area contributed by atoms with E-state index in [9.17, 15) is 0 Å². The van der Waals surface area contributed by atoms with Crippen LogP contribution in [0.25, 0.3) is 0 Å². The zero-order valence-corrected chi connectivity index (χ0v) is 14.7. The Kier molecular flexibility index (Phi) is 8.40. The van der Waals surface area contributed by atoms with Gasteiger partial charge >= 0.3 is 0 Å². The first-order valence-electron chi connectivity index (χ1n) is 9.20. The van der Waals surface area contributed by atoms with Crippen LogP contribution < -0.4 is 4.90 Å². The number of aromatic nitrogens is 1. The van der Waals surface area contributed by atoms with Gasteiger partial charge in [-0.1, -0.05) is 26.7 Å². The molecule has 1 fully saturated rings. The van der Waals surface area contributed by atoms with Crippen molar-refractivity contribution < 1.29 is 9.47 Å². The van der Waals surface area contributed by atoms with Gasteiger partial charge in [-0.25, -0.2) is 0 Å². The number of unbranched alkanes of at least 4 members (excludes halogenated alkanes) is 2. The molecule has 2 atom stereocenters. The SMILES string of the molecule is CCCCOC[C@H]1CC[C@H](COCCCC)N1c1ccncc1. The van der Waals surface area contributed by atoms with Crippen molar-refractivity contribution in [2.24, 2.45) is 0 Å². The lowest BCUT2D eigenvalue weighted by molar-refractivity contribution is 0.108. The summed E-state index contributed by atoms with van der Waals surface area (Å²) in [5, 5.41) is 0. The quantitative estimate of drug-likeness (QED) is 0.576. The first-order valence-corrected chi connectivity index (χ1v) is 9.20. The Morgan fingerprint density at radius 1 is 0.957 bits per heavy atom. The van der Waals surface area contributed by atoms with Gasteiger partial charge in [0.25, 0.3) is 0 Å². The van der Waals surface area contributed by atoms with Gasteiger partial charge in [-0.3, -0.25) is 4.98 Å². The van der Waals surface area contributed by atoms with Crippen LogP contribution in [0, 0.1) is 0 Å². The molecule has 2 heterocycles. The van der Waals surface area contributed by atoms with Crippen LogP contribution >= 0.6 is 0 Å². The van der Waals surface area contributed by atoms with Gasteiger partial charge in [0, 0.05) is 31.3 Å². The molecule has 4 nitrogen and oxygen atoms in total. The summed E-state index contributed by atoms with van der Waals surface area (Å²) in [6.07, 6.45) is 10.8. The van der Waals surface area contributed by atoms with E-state index in [1.54, 1.807) is 0 Å². The Labute approximate surface area is 141 Å². The predicted molar refractivity (Wildman–Crippen MR) is 95.0 cm³/mol. The van der Waals surface area contributed by atoms with Crippen LogP contribution in [-0.2, 0) is 9.47 Å². The highest BCUT2D eigenvalue weighted by atomic mass is 16.5. The highest BCUT2D eigenvalue weighted by Gasteiger charge is 2.33.